The number of thiophene rings is 1. The number of halogens is 1. The molecule has 3 rings (SSSR count). The first-order chi connectivity index (χ1) is 12.5. The van der Waals surface area contributed by atoms with Gasteiger partial charge in [-0.2, -0.15) is 9.37 Å². The molecule has 0 saturated heterocycles. The van der Waals surface area contributed by atoms with Crippen LogP contribution in [0.15, 0.2) is 40.2 Å². The zero-order chi connectivity index (χ0) is 18.5. The summed E-state index contributed by atoms with van der Waals surface area (Å²) in [6.07, 6.45) is 1.04. The Labute approximate surface area is 150 Å². The molecule has 0 aliphatic heterocycles. The molecule has 1 N–H and O–H groups in total. The van der Waals surface area contributed by atoms with Gasteiger partial charge in [0.05, 0.1) is 9.80 Å². The van der Waals surface area contributed by atoms with Crippen LogP contribution in [0.2, 0.25) is 0 Å². The molecular weight excluding hydrogens is 363 g/mol. The van der Waals surface area contributed by atoms with Crippen LogP contribution in [0.5, 0.6) is 0 Å². The van der Waals surface area contributed by atoms with Crippen molar-refractivity contribution in [2.45, 2.75) is 19.3 Å². The summed E-state index contributed by atoms with van der Waals surface area (Å²) >= 11 is 1.50. The van der Waals surface area contributed by atoms with Crippen molar-refractivity contribution in [3.05, 3.63) is 57.5 Å². The molecule has 0 unspecified atom stereocenters. The molecule has 1 aromatic carbocycles. The number of rotatable bonds is 7. The zero-order valence-corrected chi connectivity index (χ0v) is 14.2. The number of nitrogens with zero attached hydrogens (tertiary/aromatic N) is 3. The summed E-state index contributed by atoms with van der Waals surface area (Å²) in [5.74, 6) is -0.355. The quantitative estimate of drug-likeness (QED) is 0.496. The van der Waals surface area contributed by atoms with Crippen molar-refractivity contribution >= 4 is 28.6 Å². The van der Waals surface area contributed by atoms with Gasteiger partial charge in [0.1, 0.15) is 0 Å². The maximum absolute atomic E-state index is 13.3. The van der Waals surface area contributed by atoms with Crippen molar-refractivity contribution < 1.29 is 18.6 Å². The summed E-state index contributed by atoms with van der Waals surface area (Å²) in [5.41, 5.74) is -0.518. The molecule has 8 nitrogen and oxygen atoms in total. The number of benzene rings is 1. The molecular formula is C16H13FN4O4S. The lowest BCUT2D eigenvalue weighted by molar-refractivity contribution is -0.387. The van der Waals surface area contributed by atoms with E-state index in [4.69, 9.17) is 4.52 Å². The van der Waals surface area contributed by atoms with Gasteiger partial charge in [-0.05, 0) is 30.0 Å². The SMILES string of the molecule is O=C(CCCc1nc(-c2cccs2)no1)Nc1ccc(F)c([N+](=O)[O-])c1. The number of anilines is 1. The van der Waals surface area contributed by atoms with Crippen LogP contribution in [0.4, 0.5) is 15.8 Å². The van der Waals surface area contributed by atoms with E-state index in [2.05, 4.69) is 15.5 Å². The summed E-state index contributed by atoms with van der Waals surface area (Å²) in [4.78, 5) is 26.9. The maximum Gasteiger partial charge on any atom is 0.306 e. The number of amides is 1. The molecule has 1 amide bonds. The van der Waals surface area contributed by atoms with Crippen molar-refractivity contribution in [3.63, 3.8) is 0 Å². The van der Waals surface area contributed by atoms with Gasteiger partial charge in [0, 0.05) is 24.6 Å². The van der Waals surface area contributed by atoms with Gasteiger partial charge < -0.3 is 9.84 Å². The van der Waals surface area contributed by atoms with E-state index in [1.54, 1.807) is 0 Å². The number of hydrogen-bond donors (Lipinski definition) is 1. The summed E-state index contributed by atoms with van der Waals surface area (Å²) in [7, 11) is 0. The Morgan fingerprint density at radius 3 is 2.96 bits per heavy atom. The molecule has 0 fully saturated rings. The van der Waals surface area contributed by atoms with Crippen molar-refractivity contribution in [2.24, 2.45) is 0 Å². The summed E-state index contributed by atoms with van der Waals surface area (Å²) in [5, 5.41) is 19.0. The molecule has 3 aromatic rings. The Bertz CT molecular complexity index is 926. The van der Waals surface area contributed by atoms with Crippen molar-refractivity contribution in [1.82, 2.24) is 10.1 Å². The smallest absolute Gasteiger partial charge is 0.306 e. The lowest BCUT2D eigenvalue weighted by Gasteiger charge is -2.04. The highest BCUT2D eigenvalue weighted by molar-refractivity contribution is 7.13. The van der Waals surface area contributed by atoms with Crippen LogP contribution in [0.1, 0.15) is 18.7 Å². The van der Waals surface area contributed by atoms with Gasteiger partial charge in [0.25, 0.3) is 0 Å². The van der Waals surface area contributed by atoms with E-state index in [9.17, 15) is 19.3 Å². The van der Waals surface area contributed by atoms with E-state index in [0.717, 1.165) is 17.0 Å². The maximum atomic E-state index is 13.3. The Hall–Kier alpha value is -3.14. The Kier molecular flexibility index (Phi) is 5.32. The van der Waals surface area contributed by atoms with E-state index in [1.165, 1.54) is 17.4 Å². The van der Waals surface area contributed by atoms with Crippen LogP contribution in [-0.2, 0) is 11.2 Å². The van der Waals surface area contributed by atoms with Crippen LogP contribution in [0, 0.1) is 15.9 Å². The van der Waals surface area contributed by atoms with E-state index in [1.807, 2.05) is 17.5 Å². The normalized spacial score (nSPS) is 10.7. The predicted molar refractivity (Wildman–Crippen MR) is 92.2 cm³/mol. The lowest BCUT2D eigenvalue weighted by Crippen LogP contribution is -2.12. The van der Waals surface area contributed by atoms with Crippen molar-refractivity contribution in [2.75, 3.05) is 5.32 Å². The number of aromatic nitrogens is 2. The molecule has 0 bridgehead atoms. The van der Waals surface area contributed by atoms with Gasteiger partial charge in [-0.3, -0.25) is 14.9 Å². The monoisotopic (exact) mass is 376 g/mol. The van der Waals surface area contributed by atoms with Crippen LogP contribution in [0.25, 0.3) is 10.7 Å². The van der Waals surface area contributed by atoms with Crippen LogP contribution < -0.4 is 5.32 Å². The topological polar surface area (TPSA) is 111 Å². The highest BCUT2D eigenvalue weighted by atomic mass is 32.1. The van der Waals surface area contributed by atoms with Crippen LogP contribution >= 0.6 is 11.3 Å². The fraction of sp³-hybridized carbons (Fsp3) is 0.188. The Morgan fingerprint density at radius 1 is 1.38 bits per heavy atom. The molecule has 26 heavy (non-hydrogen) atoms. The molecule has 0 aliphatic carbocycles. The third-order valence-corrected chi connectivity index (χ3v) is 4.30. The average Bonchev–Trinajstić information content (AvgIpc) is 3.27. The minimum atomic E-state index is -0.953. The van der Waals surface area contributed by atoms with E-state index < -0.39 is 16.4 Å². The van der Waals surface area contributed by atoms with Gasteiger partial charge in [-0.1, -0.05) is 11.2 Å². The van der Waals surface area contributed by atoms with E-state index in [0.29, 0.717) is 24.6 Å². The largest absolute Gasteiger partial charge is 0.339 e. The van der Waals surface area contributed by atoms with Gasteiger partial charge >= 0.3 is 5.69 Å². The number of nitro benzene ring substituents is 1. The van der Waals surface area contributed by atoms with E-state index in [-0.39, 0.29) is 18.0 Å². The lowest BCUT2D eigenvalue weighted by atomic mass is 10.2. The molecule has 0 atom stereocenters. The minimum absolute atomic E-state index is 0.155. The number of nitrogens with one attached hydrogen (secondary N) is 1. The zero-order valence-electron chi connectivity index (χ0n) is 13.3. The summed E-state index contributed by atoms with van der Waals surface area (Å²) in [6.45, 7) is 0. The molecule has 0 radical (unpaired) electrons. The second-order valence-corrected chi connectivity index (χ2v) is 6.26. The first-order valence-electron chi connectivity index (χ1n) is 7.63. The average molecular weight is 376 g/mol. The molecule has 2 aromatic heterocycles. The molecule has 2 heterocycles. The fourth-order valence-electron chi connectivity index (χ4n) is 2.22. The number of hydrogen-bond acceptors (Lipinski definition) is 7. The fourth-order valence-corrected chi connectivity index (χ4v) is 2.87. The van der Waals surface area contributed by atoms with Gasteiger partial charge in [0.2, 0.25) is 23.4 Å². The Balaban J connectivity index is 1.50. The minimum Gasteiger partial charge on any atom is -0.339 e. The highest BCUT2D eigenvalue weighted by Gasteiger charge is 2.15. The number of aryl methyl sites for hydroxylation is 1. The first-order valence-corrected chi connectivity index (χ1v) is 8.51. The second kappa shape index (κ2) is 7.83. The highest BCUT2D eigenvalue weighted by Crippen LogP contribution is 2.23. The standard InChI is InChI=1S/C16H13FN4O4S/c17-11-7-6-10(9-12(11)21(23)24)18-14(22)4-1-5-15-19-16(20-25-15)13-3-2-8-26-13/h2-3,6-9H,1,4-5H2,(H,18,22). The Morgan fingerprint density at radius 2 is 2.23 bits per heavy atom. The second-order valence-electron chi connectivity index (χ2n) is 5.31. The van der Waals surface area contributed by atoms with Crippen molar-refractivity contribution in [1.29, 1.82) is 0 Å². The van der Waals surface area contributed by atoms with Gasteiger partial charge in [0.15, 0.2) is 0 Å². The van der Waals surface area contributed by atoms with Crippen LogP contribution in [0.3, 0.4) is 0 Å². The third kappa shape index (κ3) is 4.28. The van der Waals surface area contributed by atoms with E-state index >= 15 is 0 Å². The molecule has 0 saturated carbocycles. The third-order valence-electron chi connectivity index (χ3n) is 3.43. The number of carbonyl (C=O) groups is 1. The van der Waals surface area contributed by atoms with Crippen molar-refractivity contribution in [3.8, 4) is 10.7 Å². The predicted octanol–water partition coefficient (Wildman–Crippen LogP) is 3.81. The molecule has 10 heteroatoms. The van der Waals surface area contributed by atoms with Gasteiger partial charge in [-0.25, -0.2) is 0 Å². The molecule has 0 spiro atoms. The first kappa shape index (κ1) is 17.7. The van der Waals surface area contributed by atoms with Crippen LogP contribution in [-0.4, -0.2) is 21.0 Å². The molecule has 0 aliphatic rings. The molecule has 134 valence electrons. The summed E-state index contributed by atoms with van der Waals surface area (Å²) < 4.78 is 18.4. The number of nitro groups is 1. The number of carbonyl (C=O) groups excluding carboxylic acids is 1. The summed E-state index contributed by atoms with van der Waals surface area (Å²) in [6, 6.07) is 6.97. The van der Waals surface area contributed by atoms with Gasteiger partial charge in [-0.15, -0.1) is 11.3 Å².